The molecule has 17 nitrogen and oxygen atoms in total. The Morgan fingerprint density at radius 1 is 0.952 bits per heavy atom. The molecule has 1 aliphatic heterocycles. The topological polar surface area (TPSA) is 237 Å². The van der Waals surface area contributed by atoms with Gasteiger partial charge in [0, 0.05) is 51.4 Å². The van der Waals surface area contributed by atoms with Gasteiger partial charge in [-0.15, -0.1) is 0 Å². The fourth-order valence-electron chi connectivity index (χ4n) is 3.39. The van der Waals surface area contributed by atoms with E-state index in [1.807, 2.05) is 0 Å². The SMILES string of the molecule is CS(=O)(=O)O.CS(=O)(=O)OCCN(CCOS(C)(=O)=O)c1c(C(F)(F)F)cc([N+](=O)[O-])cc1S(=O)(=O)N1CCNCC1. The molecular formula is C18H29F3N4O13S4. The highest BCUT2D eigenvalue weighted by Gasteiger charge is 2.42. The van der Waals surface area contributed by atoms with Crippen molar-refractivity contribution in [1.82, 2.24) is 9.62 Å². The number of hydrogen-bond donors (Lipinski definition) is 2. The molecule has 1 heterocycles. The molecule has 0 radical (unpaired) electrons. The third kappa shape index (κ3) is 13.4. The number of piperazine rings is 1. The van der Waals surface area contributed by atoms with Crippen molar-refractivity contribution >= 4 is 51.8 Å². The highest BCUT2D eigenvalue weighted by Crippen LogP contribution is 2.43. The van der Waals surface area contributed by atoms with Crippen molar-refractivity contribution in [2.75, 3.05) is 76.1 Å². The monoisotopic (exact) mass is 694 g/mol. The lowest BCUT2D eigenvalue weighted by Gasteiger charge is -2.32. The molecule has 0 aliphatic carbocycles. The van der Waals surface area contributed by atoms with E-state index in [-0.39, 0.29) is 32.2 Å². The molecule has 0 amide bonds. The summed E-state index contributed by atoms with van der Waals surface area (Å²) >= 11 is 0. The van der Waals surface area contributed by atoms with E-state index in [4.69, 9.17) is 4.55 Å². The van der Waals surface area contributed by atoms with Gasteiger partial charge in [0.15, 0.2) is 0 Å². The molecule has 24 heteroatoms. The first-order valence-corrected chi connectivity index (χ1v) is 18.2. The molecule has 2 N–H and O–H groups in total. The van der Waals surface area contributed by atoms with E-state index in [0.717, 1.165) is 4.31 Å². The van der Waals surface area contributed by atoms with Gasteiger partial charge in [-0.2, -0.15) is 42.7 Å². The Morgan fingerprint density at radius 3 is 1.74 bits per heavy atom. The lowest BCUT2D eigenvalue weighted by molar-refractivity contribution is -0.385. The maximum atomic E-state index is 14.2. The van der Waals surface area contributed by atoms with Gasteiger partial charge in [0.05, 0.1) is 48.2 Å². The van der Waals surface area contributed by atoms with E-state index in [1.165, 1.54) is 0 Å². The van der Waals surface area contributed by atoms with E-state index >= 15 is 0 Å². The number of benzene rings is 1. The molecule has 1 aromatic rings. The molecule has 0 spiro atoms. The van der Waals surface area contributed by atoms with Gasteiger partial charge >= 0.3 is 6.18 Å². The van der Waals surface area contributed by atoms with Crippen LogP contribution in [0.4, 0.5) is 24.5 Å². The van der Waals surface area contributed by atoms with Crippen LogP contribution in [0.25, 0.3) is 0 Å². The zero-order chi connectivity index (χ0) is 32.7. The van der Waals surface area contributed by atoms with Crippen LogP contribution in [-0.2, 0) is 54.9 Å². The zero-order valence-electron chi connectivity index (χ0n) is 22.3. The second-order valence-electron chi connectivity index (χ2n) is 8.52. The molecule has 1 fully saturated rings. The average molecular weight is 695 g/mol. The fraction of sp³-hybridized carbons (Fsp3) is 0.667. The molecule has 0 bridgehead atoms. The molecule has 1 saturated heterocycles. The lowest BCUT2D eigenvalue weighted by atomic mass is 10.1. The number of alkyl halides is 3. The third-order valence-electron chi connectivity index (χ3n) is 4.90. The minimum Gasteiger partial charge on any atom is -0.365 e. The maximum Gasteiger partial charge on any atom is 0.418 e. The maximum absolute atomic E-state index is 14.2. The van der Waals surface area contributed by atoms with Gasteiger partial charge in [-0.1, -0.05) is 0 Å². The van der Waals surface area contributed by atoms with Crippen LogP contribution in [0, 0.1) is 10.1 Å². The van der Waals surface area contributed by atoms with Gasteiger partial charge in [0.1, 0.15) is 4.90 Å². The summed E-state index contributed by atoms with van der Waals surface area (Å²) in [6.07, 6.45) is -3.23. The molecule has 0 saturated carbocycles. The zero-order valence-corrected chi connectivity index (χ0v) is 25.5. The van der Waals surface area contributed by atoms with Crippen molar-refractivity contribution in [3.8, 4) is 0 Å². The predicted octanol–water partition coefficient (Wildman–Crippen LogP) is -0.530. The number of halogens is 3. The van der Waals surface area contributed by atoms with Crippen molar-refractivity contribution in [2.24, 2.45) is 0 Å². The average Bonchev–Trinajstić information content (AvgIpc) is 2.79. The lowest BCUT2D eigenvalue weighted by Crippen LogP contribution is -2.47. The second kappa shape index (κ2) is 14.5. The molecule has 0 atom stereocenters. The number of nitrogens with one attached hydrogen (secondary N) is 1. The predicted molar refractivity (Wildman–Crippen MR) is 141 cm³/mol. The second-order valence-corrected chi connectivity index (χ2v) is 15.2. The molecule has 2 rings (SSSR count). The van der Waals surface area contributed by atoms with Gasteiger partial charge in [0.25, 0.3) is 36.0 Å². The van der Waals surface area contributed by atoms with Crippen molar-refractivity contribution in [3.63, 3.8) is 0 Å². The van der Waals surface area contributed by atoms with E-state index in [9.17, 15) is 57.0 Å². The van der Waals surface area contributed by atoms with Gasteiger partial charge in [-0.05, 0) is 0 Å². The summed E-state index contributed by atoms with van der Waals surface area (Å²) in [7, 11) is -16.5. The van der Waals surface area contributed by atoms with Gasteiger partial charge < -0.3 is 10.2 Å². The highest BCUT2D eigenvalue weighted by molar-refractivity contribution is 7.89. The molecule has 0 unspecified atom stereocenters. The van der Waals surface area contributed by atoms with Crippen molar-refractivity contribution < 1.29 is 64.7 Å². The van der Waals surface area contributed by atoms with E-state index in [0.29, 0.717) is 29.7 Å². The Balaban J connectivity index is 0.00000162. The first-order chi connectivity index (χ1) is 18.8. The number of rotatable bonds is 12. The van der Waals surface area contributed by atoms with E-state index in [2.05, 4.69) is 13.7 Å². The van der Waals surface area contributed by atoms with Crippen LogP contribution in [0.15, 0.2) is 17.0 Å². The molecule has 1 aliphatic rings. The van der Waals surface area contributed by atoms with Crippen molar-refractivity contribution in [1.29, 1.82) is 0 Å². The fourth-order valence-corrected chi connectivity index (χ4v) is 5.84. The Morgan fingerprint density at radius 2 is 1.38 bits per heavy atom. The first kappa shape index (κ1) is 37.8. The van der Waals surface area contributed by atoms with Crippen LogP contribution in [0.5, 0.6) is 0 Å². The minimum absolute atomic E-state index is 0.139. The number of non-ortho nitro benzene ring substituents is 1. The van der Waals surface area contributed by atoms with Crippen molar-refractivity contribution in [2.45, 2.75) is 11.1 Å². The summed E-state index contributed by atoms with van der Waals surface area (Å²) in [5, 5.41) is 14.3. The quantitative estimate of drug-likeness (QED) is 0.121. The largest absolute Gasteiger partial charge is 0.418 e. The number of nitro benzene ring substituents is 1. The highest BCUT2D eigenvalue weighted by atomic mass is 32.2. The van der Waals surface area contributed by atoms with E-state index < -0.39 is 99.6 Å². The van der Waals surface area contributed by atoms with Crippen LogP contribution < -0.4 is 10.2 Å². The molecular weight excluding hydrogens is 665 g/mol. The Kier molecular flexibility index (Phi) is 13.1. The van der Waals surface area contributed by atoms with Gasteiger partial charge in [-0.3, -0.25) is 23.0 Å². The summed E-state index contributed by atoms with van der Waals surface area (Å²) in [6.45, 7) is -2.79. The molecule has 0 aromatic heterocycles. The summed E-state index contributed by atoms with van der Waals surface area (Å²) < 4.78 is 151. The summed E-state index contributed by atoms with van der Waals surface area (Å²) in [4.78, 5) is 9.88. The number of anilines is 1. The Bertz CT molecular complexity index is 1500. The van der Waals surface area contributed by atoms with Gasteiger partial charge in [0.2, 0.25) is 10.0 Å². The van der Waals surface area contributed by atoms with Crippen LogP contribution in [0.1, 0.15) is 5.56 Å². The first-order valence-electron chi connectivity index (χ1n) is 11.3. The molecule has 244 valence electrons. The van der Waals surface area contributed by atoms with Gasteiger partial charge in [-0.25, -0.2) is 8.42 Å². The smallest absolute Gasteiger partial charge is 0.365 e. The van der Waals surface area contributed by atoms with Crippen LogP contribution >= 0.6 is 0 Å². The molecule has 42 heavy (non-hydrogen) atoms. The van der Waals surface area contributed by atoms with Crippen LogP contribution in [-0.4, -0.2) is 119 Å². The van der Waals surface area contributed by atoms with E-state index in [1.54, 1.807) is 0 Å². The molecule has 1 aromatic carbocycles. The Hall–Kier alpha value is -2.19. The number of hydrogen-bond acceptors (Lipinski definition) is 14. The Labute approximate surface area is 240 Å². The number of sulfonamides is 1. The van der Waals surface area contributed by atoms with Crippen LogP contribution in [0.3, 0.4) is 0 Å². The van der Waals surface area contributed by atoms with Crippen molar-refractivity contribution in [3.05, 3.63) is 27.8 Å². The summed E-state index contributed by atoms with van der Waals surface area (Å²) in [5.41, 5.74) is -3.88. The summed E-state index contributed by atoms with van der Waals surface area (Å²) in [6, 6.07) is 0.623. The number of nitrogens with zero attached hydrogens (tertiary/aromatic N) is 3. The third-order valence-corrected chi connectivity index (χ3v) is 8.00. The number of nitro groups is 1. The van der Waals surface area contributed by atoms with Crippen LogP contribution in [0.2, 0.25) is 0 Å². The minimum atomic E-state index is -5.30. The normalized spacial score (nSPS) is 15.5. The summed E-state index contributed by atoms with van der Waals surface area (Å²) in [5.74, 6) is 0. The standard InChI is InChI=1S/C17H25F3N4O10S3.CH4O3S/c1-35(27,28)33-9-7-22(8-10-34-36(2,29)30)16-14(17(18,19)20)11-13(24(25)26)12-15(16)37(31,32)23-5-3-21-4-6-23;1-5(2,3)4/h11-12,21H,3-10H2,1-2H3;1H3,(H,2,3,4).